The molecule has 3 rings (SSSR count). The molecule has 1 atom stereocenters. The van der Waals surface area contributed by atoms with Crippen molar-refractivity contribution in [3.8, 4) is 5.69 Å². The van der Waals surface area contributed by atoms with Gasteiger partial charge in [0.1, 0.15) is 0 Å². The van der Waals surface area contributed by atoms with Crippen LogP contribution >= 0.6 is 15.9 Å². The maximum absolute atomic E-state index is 5.36. The van der Waals surface area contributed by atoms with Crippen LogP contribution in [0, 0.1) is 5.92 Å². The third kappa shape index (κ3) is 3.26. The van der Waals surface area contributed by atoms with Gasteiger partial charge in [0.25, 0.3) is 0 Å². The molecule has 0 bridgehead atoms. The number of hydrogen-bond acceptors (Lipinski definition) is 4. The molecule has 1 aromatic heterocycles. The zero-order valence-electron chi connectivity index (χ0n) is 11.1. The zero-order chi connectivity index (χ0) is 13.8. The predicted octanol–water partition coefficient (Wildman–Crippen LogP) is 2.16. The van der Waals surface area contributed by atoms with E-state index in [4.69, 9.17) is 4.74 Å². The van der Waals surface area contributed by atoms with E-state index in [1.807, 2.05) is 30.5 Å². The number of rotatable bonds is 5. The fourth-order valence-corrected chi connectivity index (χ4v) is 2.75. The minimum absolute atomic E-state index is 0.633. The van der Waals surface area contributed by atoms with Gasteiger partial charge in [0.15, 0.2) is 0 Å². The number of aromatic nitrogens is 3. The second-order valence-electron chi connectivity index (χ2n) is 4.97. The van der Waals surface area contributed by atoms with Crippen molar-refractivity contribution in [2.24, 2.45) is 5.92 Å². The van der Waals surface area contributed by atoms with Crippen molar-refractivity contribution in [3.63, 3.8) is 0 Å². The van der Waals surface area contributed by atoms with Crippen LogP contribution in [0.15, 0.2) is 34.9 Å². The molecule has 1 saturated heterocycles. The van der Waals surface area contributed by atoms with Crippen LogP contribution in [-0.4, -0.2) is 34.8 Å². The maximum Gasteiger partial charge on any atom is 0.0969 e. The van der Waals surface area contributed by atoms with E-state index in [-0.39, 0.29) is 0 Å². The predicted molar refractivity (Wildman–Crippen MR) is 79.7 cm³/mol. The highest BCUT2D eigenvalue weighted by Crippen LogP contribution is 2.19. The molecule has 1 aliphatic rings. The van der Waals surface area contributed by atoms with E-state index < -0.39 is 0 Å². The monoisotopic (exact) mass is 336 g/mol. The molecule has 0 saturated carbocycles. The lowest BCUT2D eigenvalue weighted by molar-refractivity contribution is 0.185. The highest BCUT2D eigenvalue weighted by atomic mass is 79.9. The molecule has 1 unspecified atom stereocenters. The van der Waals surface area contributed by atoms with Gasteiger partial charge in [0, 0.05) is 24.2 Å². The van der Waals surface area contributed by atoms with Gasteiger partial charge in [-0.25, -0.2) is 4.68 Å². The van der Waals surface area contributed by atoms with E-state index in [0.717, 1.165) is 48.6 Å². The van der Waals surface area contributed by atoms with Crippen LogP contribution in [0.2, 0.25) is 0 Å². The van der Waals surface area contributed by atoms with Gasteiger partial charge >= 0.3 is 0 Å². The SMILES string of the molecule is Brc1ccccc1-n1cc(CNCC2CCOC2)nn1. The largest absolute Gasteiger partial charge is 0.381 e. The molecule has 6 heteroatoms. The van der Waals surface area contributed by atoms with Crippen molar-refractivity contribution < 1.29 is 4.74 Å². The molecule has 5 nitrogen and oxygen atoms in total. The fraction of sp³-hybridized carbons (Fsp3) is 0.429. The second-order valence-corrected chi connectivity index (χ2v) is 5.82. The lowest BCUT2D eigenvalue weighted by Gasteiger charge is -2.07. The molecule has 0 amide bonds. The molecule has 0 radical (unpaired) electrons. The van der Waals surface area contributed by atoms with Crippen molar-refractivity contribution in [2.75, 3.05) is 19.8 Å². The summed E-state index contributed by atoms with van der Waals surface area (Å²) in [6.45, 7) is 3.48. The van der Waals surface area contributed by atoms with Gasteiger partial charge in [0.05, 0.1) is 24.2 Å². The molecule has 0 aliphatic carbocycles. The number of nitrogens with one attached hydrogen (secondary N) is 1. The third-order valence-electron chi connectivity index (χ3n) is 3.40. The molecule has 1 aliphatic heterocycles. The van der Waals surface area contributed by atoms with E-state index in [0.29, 0.717) is 5.92 Å². The summed E-state index contributed by atoms with van der Waals surface area (Å²) < 4.78 is 8.16. The lowest BCUT2D eigenvalue weighted by Crippen LogP contribution is -2.22. The van der Waals surface area contributed by atoms with E-state index in [1.54, 1.807) is 4.68 Å². The Balaban J connectivity index is 1.58. The van der Waals surface area contributed by atoms with Crippen molar-refractivity contribution in [1.82, 2.24) is 20.3 Å². The Bertz CT molecular complexity index is 566. The molecule has 1 N–H and O–H groups in total. The van der Waals surface area contributed by atoms with E-state index >= 15 is 0 Å². The topological polar surface area (TPSA) is 52.0 Å². The van der Waals surface area contributed by atoms with Gasteiger partial charge in [-0.3, -0.25) is 0 Å². The van der Waals surface area contributed by atoms with Crippen molar-refractivity contribution in [2.45, 2.75) is 13.0 Å². The number of hydrogen-bond donors (Lipinski definition) is 1. The molecule has 20 heavy (non-hydrogen) atoms. The third-order valence-corrected chi connectivity index (χ3v) is 4.07. The number of benzene rings is 1. The normalized spacial score (nSPS) is 18.6. The molecule has 106 valence electrons. The summed E-state index contributed by atoms with van der Waals surface area (Å²) in [5.74, 6) is 0.633. The summed E-state index contributed by atoms with van der Waals surface area (Å²) in [5.41, 5.74) is 1.94. The highest BCUT2D eigenvalue weighted by molar-refractivity contribution is 9.10. The number of halogens is 1. The summed E-state index contributed by atoms with van der Waals surface area (Å²) in [6, 6.07) is 7.97. The van der Waals surface area contributed by atoms with Crippen LogP contribution in [-0.2, 0) is 11.3 Å². The number of para-hydroxylation sites is 1. The van der Waals surface area contributed by atoms with Gasteiger partial charge in [-0.2, -0.15) is 0 Å². The Morgan fingerprint density at radius 1 is 1.40 bits per heavy atom. The first-order valence-corrected chi connectivity index (χ1v) is 7.57. The number of nitrogens with zero attached hydrogens (tertiary/aromatic N) is 3. The minimum atomic E-state index is 0.633. The molecule has 1 fully saturated rings. The molecule has 1 aromatic carbocycles. The lowest BCUT2D eigenvalue weighted by atomic mass is 10.1. The van der Waals surface area contributed by atoms with E-state index in [1.165, 1.54) is 0 Å². The van der Waals surface area contributed by atoms with Crippen molar-refractivity contribution in [3.05, 3.63) is 40.6 Å². The molecular formula is C14H17BrN4O. The maximum atomic E-state index is 5.36. The smallest absolute Gasteiger partial charge is 0.0969 e. The standard InChI is InChI=1S/C14H17BrN4O/c15-13-3-1-2-4-14(13)19-9-12(17-18-19)8-16-7-11-5-6-20-10-11/h1-4,9,11,16H,5-8,10H2. The van der Waals surface area contributed by atoms with Gasteiger partial charge < -0.3 is 10.1 Å². The van der Waals surface area contributed by atoms with Crippen LogP contribution in [0.3, 0.4) is 0 Å². The van der Waals surface area contributed by atoms with Crippen LogP contribution < -0.4 is 5.32 Å². The summed E-state index contributed by atoms with van der Waals surface area (Å²) in [7, 11) is 0. The Kier molecular flexibility index (Phi) is 4.44. The average Bonchev–Trinajstić information content (AvgIpc) is 3.11. The minimum Gasteiger partial charge on any atom is -0.381 e. The van der Waals surface area contributed by atoms with Crippen LogP contribution in [0.4, 0.5) is 0 Å². The van der Waals surface area contributed by atoms with Crippen LogP contribution in [0.1, 0.15) is 12.1 Å². The highest BCUT2D eigenvalue weighted by Gasteiger charge is 2.15. The first kappa shape index (κ1) is 13.7. The Hall–Kier alpha value is -1.24. The number of ether oxygens (including phenoxy) is 1. The van der Waals surface area contributed by atoms with Crippen molar-refractivity contribution >= 4 is 15.9 Å². The molecule has 0 spiro atoms. The first-order chi connectivity index (χ1) is 9.83. The molecular weight excluding hydrogens is 320 g/mol. The zero-order valence-corrected chi connectivity index (χ0v) is 12.7. The molecule has 2 aromatic rings. The second kappa shape index (κ2) is 6.47. The van der Waals surface area contributed by atoms with Gasteiger partial charge in [-0.15, -0.1) is 5.10 Å². The van der Waals surface area contributed by atoms with E-state index in [9.17, 15) is 0 Å². The summed E-state index contributed by atoms with van der Waals surface area (Å²) >= 11 is 3.52. The van der Waals surface area contributed by atoms with Crippen molar-refractivity contribution in [1.29, 1.82) is 0 Å². The Morgan fingerprint density at radius 2 is 2.30 bits per heavy atom. The van der Waals surface area contributed by atoms with Crippen LogP contribution in [0.25, 0.3) is 5.69 Å². The van der Waals surface area contributed by atoms with Gasteiger partial charge in [0.2, 0.25) is 0 Å². The molecule has 2 heterocycles. The van der Waals surface area contributed by atoms with Gasteiger partial charge in [-0.1, -0.05) is 17.3 Å². The average molecular weight is 337 g/mol. The van der Waals surface area contributed by atoms with Crippen LogP contribution in [0.5, 0.6) is 0 Å². The van der Waals surface area contributed by atoms with Gasteiger partial charge in [-0.05, 0) is 40.4 Å². The summed E-state index contributed by atoms with van der Waals surface area (Å²) in [6.07, 6.45) is 3.11. The quantitative estimate of drug-likeness (QED) is 0.908. The summed E-state index contributed by atoms with van der Waals surface area (Å²) in [4.78, 5) is 0. The van der Waals surface area contributed by atoms with E-state index in [2.05, 4.69) is 31.6 Å². The Labute approximate surface area is 126 Å². The Morgan fingerprint density at radius 3 is 3.10 bits per heavy atom. The first-order valence-electron chi connectivity index (χ1n) is 6.77. The fourth-order valence-electron chi connectivity index (χ4n) is 2.28. The summed E-state index contributed by atoms with van der Waals surface area (Å²) in [5, 5.41) is 11.8.